The number of hydrogen-bond acceptors (Lipinski definition) is 6. The van der Waals surface area contributed by atoms with Gasteiger partial charge in [0.15, 0.2) is 0 Å². The predicted molar refractivity (Wildman–Crippen MR) is 133 cm³/mol. The first-order valence-corrected chi connectivity index (χ1v) is 13.0. The number of carbonyl (C=O) groups is 1. The van der Waals surface area contributed by atoms with E-state index >= 15 is 0 Å². The van der Waals surface area contributed by atoms with Crippen LogP contribution in [0.1, 0.15) is 11.1 Å². The van der Waals surface area contributed by atoms with Crippen LogP contribution < -0.4 is 4.90 Å². The number of hydrogen-bond donors (Lipinski definition) is 0. The van der Waals surface area contributed by atoms with Gasteiger partial charge in [-0.05, 0) is 51.9 Å². The van der Waals surface area contributed by atoms with E-state index in [0.29, 0.717) is 9.26 Å². The van der Waals surface area contributed by atoms with Crippen LogP contribution in [0.15, 0.2) is 78.9 Å². The van der Waals surface area contributed by atoms with E-state index in [1.165, 1.54) is 11.0 Å². The van der Waals surface area contributed by atoms with Crippen LogP contribution in [0.25, 0.3) is 0 Å². The molecule has 7 nitrogen and oxygen atoms in total. The molecule has 10 heteroatoms. The highest BCUT2D eigenvalue weighted by atomic mass is 127. The third-order valence-electron chi connectivity index (χ3n) is 4.97. The molecule has 1 aliphatic rings. The molecule has 0 N–H and O–H groups in total. The van der Waals surface area contributed by atoms with Crippen molar-refractivity contribution in [3.8, 4) is 0 Å². The average Bonchev–Trinajstić information content (AvgIpc) is 3.24. The number of phosphoric ester groups is 1. The summed E-state index contributed by atoms with van der Waals surface area (Å²) in [5.41, 5.74) is 1.97. The molecule has 3 aromatic carbocycles. The average molecular weight is 597 g/mol. The number of cyclic esters (lactones) is 1. The van der Waals surface area contributed by atoms with Gasteiger partial charge >= 0.3 is 13.9 Å². The summed E-state index contributed by atoms with van der Waals surface area (Å²) in [6, 6.07) is 22.9. The highest BCUT2D eigenvalue weighted by Crippen LogP contribution is 2.51. The predicted octanol–water partition coefficient (Wildman–Crippen LogP) is 6.31. The first-order valence-electron chi connectivity index (χ1n) is 10.5. The highest BCUT2D eigenvalue weighted by molar-refractivity contribution is 14.1. The molecule has 34 heavy (non-hydrogen) atoms. The minimum absolute atomic E-state index is 0.0193. The van der Waals surface area contributed by atoms with Crippen molar-refractivity contribution in [2.45, 2.75) is 19.3 Å². The van der Waals surface area contributed by atoms with E-state index in [4.69, 9.17) is 18.3 Å². The minimum atomic E-state index is -4.00. The maximum atomic E-state index is 13.9. The Morgan fingerprint density at radius 3 is 2.09 bits per heavy atom. The fraction of sp³-hybridized carbons (Fsp3) is 0.208. The molecular formula is C24H22FINO6P. The van der Waals surface area contributed by atoms with Crippen molar-refractivity contribution in [1.82, 2.24) is 0 Å². The topological polar surface area (TPSA) is 74.3 Å². The van der Waals surface area contributed by atoms with E-state index in [1.807, 2.05) is 83.3 Å². The van der Waals surface area contributed by atoms with Gasteiger partial charge in [-0.1, -0.05) is 60.7 Å². The van der Waals surface area contributed by atoms with Crippen molar-refractivity contribution in [3.05, 3.63) is 99.4 Å². The van der Waals surface area contributed by atoms with E-state index in [2.05, 4.69) is 0 Å². The van der Waals surface area contributed by atoms with Gasteiger partial charge in [-0.2, -0.15) is 0 Å². The summed E-state index contributed by atoms with van der Waals surface area (Å²) in [4.78, 5) is 13.6. The summed E-state index contributed by atoms with van der Waals surface area (Å²) in [6.45, 7) is -0.0665. The molecule has 1 heterocycles. The van der Waals surface area contributed by atoms with Crippen molar-refractivity contribution in [2.24, 2.45) is 0 Å². The lowest BCUT2D eigenvalue weighted by Gasteiger charge is -2.19. The Balaban J connectivity index is 1.40. The van der Waals surface area contributed by atoms with Gasteiger partial charge in [0.05, 0.1) is 32.1 Å². The molecule has 0 bridgehead atoms. The summed E-state index contributed by atoms with van der Waals surface area (Å²) in [5.74, 6) is -0.432. The third kappa shape index (κ3) is 6.64. The zero-order chi connectivity index (χ0) is 24.0. The maximum absolute atomic E-state index is 13.9. The van der Waals surface area contributed by atoms with Crippen LogP contribution in [0.2, 0.25) is 0 Å². The molecule has 1 fully saturated rings. The van der Waals surface area contributed by atoms with Crippen molar-refractivity contribution in [3.63, 3.8) is 0 Å². The zero-order valence-corrected chi connectivity index (χ0v) is 21.1. The Labute approximate surface area is 210 Å². The normalized spacial score (nSPS) is 16.0. The quantitative estimate of drug-likeness (QED) is 0.202. The van der Waals surface area contributed by atoms with E-state index < -0.39 is 25.8 Å². The number of phosphoric acid groups is 1. The molecule has 0 spiro atoms. The molecule has 0 unspecified atom stereocenters. The minimum Gasteiger partial charge on any atom is -0.441 e. The molecule has 1 amide bonds. The lowest BCUT2D eigenvalue weighted by Crippen LogP contribution is -2.26. The van der Waals surface area contributed by atoms with Crippen LogP contribution in [0.4, 0.5) is 14.9 Å². The fourth-order valence-corrected chi connectivity index (χ4v) is 4.74. The summed E-state index contributed by atoms with van der Waals surface area (Å²) in [7, 11) is -4.00. The van der Waals surface area contributed by atoms with Crippen molar-refractivity contribution < 1.29 is 32.1 Å². The number of amides is 1. The summed E-state index contributed by atoms with van der Waals surface area (Å²) >= 11 is 1.87. The second-order valence-electron chi connectivity index (χ2n) is 7.48. The van der Waals surface area contributed by atoms with Crippen LogP contribution in [0, 0.1) is 9.39 Å². The Bertz CT molecular complexity index is 1120. The van der Waals surface area contributed by atoms with Gasteiger partial charge in [0.2, 0.25) is 0 Å². The lowest BCUT2D eigenvalue weighted by molar-refractivity contribution is 0.0596. The Hall–Kier alpha value is -2.30. The standard InChI is InChI=1S/C24H22FINO6P/c25-22-13-20(11-12-23(22)26)27-14-21(33-24(27)28)17-32-34(29,30-15-18-7-3-1-4-8-18)31-16-19-9-5-2-6-10-19/h1-13,21H,14-17H2/t21-/m1/s1. The number of halogens is 2. The van der Waals surface area contributed by atoms with Crippen LogP contribution in [0.5, 0.6) is 0 Å². The Morgan fingerprint density at radius 1 is 0.941 bits per heavy atom. The van der Waals surface area contributed by atoms with Crippen molar-refractivity contribution in [2.75, 3.05) is 18.1 Å². The maximum Gasteiger partial charge on any atom is 0.475 e. The zero-order valence-electron chi connectivity index (χ0n) is 18.0. The number of benzene rings is 3. The second kappa shape index (κ2) is 11.4. The molecule has 178 valence electrons. The molecule has 3 aromatic rings. The van der Waals surface area contributed by atoms with Gasteiger partial charge in [0, 0.05) is 3.57 Å². The highest BCUT2D eigenvalue weighted by Gasteiger charge is 2.36. The largest absolute Gasteiger partial charge is 0.475 e. The number of nitrogens with zero attached hydrogens (tertiary/aromatic N) is 1. The van der Waals surface area contributed by atoms with Gasteiger partial charge in [0.1, 0.15) is 11.9 Å². The molecule has 1 atom stereocenters. The van der Waals surface area contributed by atoms with Gasteiger partial charge in [-0.3, -0.25) is 18.5 Å². The van der Waals surface area contributed by atoms with Crippen molar-refractivity contribution >= 4 is 42.2 Å². The molecule has 1 aliphatic heterocycles. The first-order chi connectivity index (χ1) is 16.4. The number of ether oxygens (including phenoxy) is 1. The van der Waals surface area contributed by atoms with E-state index in [1.54, 1.807) is 12.1 Å². The third-order valence-corrected chi connectivity index (χ3v) is 7.20. The first kappa shape index (κ1) is 24.8. The van der Waals surface area contributed by atoms with Gasteiger partial charge < -0.3 is 4.74 Å². The Morgan fingerprint density at radius 2 is 1.53 bits per heavy atom. The molecular weight excluding hydrogens is 575 g/mol. The van der Waals surface area contributed by atoms with Crippen molar-refractivity contribution in [1.29, 1.82) is 0 Å². The summed E-state index contributed by atoms with van der Waals surface area (Å²) < 4.78 is 49.8. The fourth-order valence-electron chi connectivity index (χ4n) is 3.21. The van der Waals surface area contributed by atoms with Gasteiger partial charge in [-0.25, -0.2) is 13.8 Å². The van der Waals surface area contributed by atoms with E-state index in [9.17, 15) is 13.8 Å². The van der Waals surface area contributed by atoms with Gasteiger partial charge in [-0.15, -0.1) is 0 Å². The number of rotatable bonds is 10. The molecule has 0 saturated carbocycles. The Kier molecular flexibility index (Phi) is 8.33. The summed E-state index contributed by atoms with van der Waals surface area (Å²) in [6.07, 6.45) is -1.37. The number of carbonyl (C=O) groups excluding carboxylic acids is 1. The smallest absolute Gasteiger partial charge is 0.441 e. The molecule has 0 aromatic heterocycles. The van der Waals surface area contributed by atoms with Crippen LogP contribution in [-0.2, 0) is 36.1 Å². The van der Waals surface area contributed by atoms with Crippen LogP contribution >= 0.6 is 30.4 Å². The monoisotopic (exact) mass is 597 g/mol. The van der Waals surface area contributed by atoms with Crippen LogP contribution in [0.3, 0.4) is 0 Å². The second-order valence-corrected chi connectivity index (χ2v) is 10.3. The molecule has 4 rings (SSSR count). The lowest BCUT2D eigenvalue weighted by atomic mass is 10.2. The van der Waals surface area contributed by atoms with E-state index in [0.717, 1.165) is 11.1 Å². The number of anilines is 1. The SMILES string of the molecule is O=C1O[C@@H](COP(=O)(OCc2ccccc2)OCc2ccccc2)CN1c1ccc(I)c(F)c1. The van der Waals surface area contributed by atoms with Gasteiger partial charge in [0.25, 0.3) is 0 Å². The summed E-state index contributed by atoms with van der Waals surface area (Å²) in [5, 5.41) is 0. The van der Waals surface area contributed by atoms with Crippen LogP contribution in [-0.4, -0.2) is 25.3 Å². The van der Waals surface area contributed by atoms with E-state index in [-0.39, 0.29) is 26.4 Å². The molecule has 1 saturated heterocycles. The molecule has 0 radical (unpaired) electrons. The molecule has 0 aliphatic carbocycles.